The first-order valence-corrected chi connectivity index (χ1v) is 7.07. The van der Waals surface area contributed by atoms with E-state index in [9.17, 15) is 5.11 Å². The van der Waals surface area contributed by atoms with E-state index >= 15 is 0 Å². The summed E-state index contributed by atoms with van der Waals surface area (Å²) in [6.07, 6.45) is 4.46. The van der Waals surface area contributed by atoms with Crippen molar-refractivity contribution in [1.29, 1.82) is 0 Å². The van der Waals surface area contributed by atoms with Gasteiger partial charge in [-0.2, -0.15) is 0 Å². The van der Waals surface area contributed by atoms with Crippen LogP contribution < -0.4 is 9.64 Å². The van der Waals surface area contributed by atoms with E-state index in [1.165, 1.54) is 18.4 Å². The Kier molecular flexibility index (Phi) is 3.75. The minimum Gasteiger partial charge on any atom is -0.480 e. The molecule has 0 aliphatic carbocycles. The summed E-state index contributed by atoms with van der Waals surface area (Å²) in [5.74, 6) is 0.361. The molecule has 5 nitrogen and oxygen atoms in total. The molecule has 0 saturated heterocycles. The molecule has 1 aromatic heterocycles. The molecule has 1 aliphatic rings. The first-order valence-electron chi connectivity index (χ1n) is 7.07. The second-order valence-electron chi connectivity index (χ2n) is 5.27. The number of nitrogens with zero attached hydrogens (tertiary/aromatic N) is 3. The van der Waals surface area contributed by atoms with Crippen LogP contribution in [0.3, 0.4) is 0 Å². The number of fused-ring (bicyclic) bond motifs is 1. The molecule has 0 fully saturated rings. The van der Waals surface area contributed by atoms with Gasteiger partial charge in [-0.25, -0.2) is 4.98 Å². The number of rotatable bonds is 3. The standard InChI is InChI=1S/C16H19N3O2/c1-19-9-3-4-11-10-12(5-6-13(11)19)15(20)14-16(21-2)18-8-7-17-14/h5-8,10,15,20H,3-4,9H2,1-2H3. The van der Waals surface area contributed by atoms with E-state index in [0.29, 0.717) is 11.6 Å². The van der Waals surface area contributed by atoms with Crippen molar-refractivity contribution in [2.45, 2.75) is 18.9 Å². The molecular formula is C16H19N3O2. The summed E-state index contributed by atoms with van der Waals surface area (Å²) in [4.78, 5) is 10.5. The van der Waals surface area contributed by atoms with E-state index in [-0.39, 0.29) is 0 Å². The van der Waals surface area contributed by atoms with Crippen LogP contribution in [0.1, 0.15) is 29.3 Å². The van der Waals surface area contributed by atoms with Gasteiger partial charge in [-0.05, 0) is 30.0 Å². The number of aromatic nitrogens is 2. The van der Waals surface area contributed by atoms with Crippen LogP contribution in [-0.4, -0.2) is 35.8 Å². The van der Waals surface area contributed by atoms with Crippen molar-refractivity contribution in [3.8, 4) is 5.88 Å². The molecule has 0 radical (unpaired) electrons. The molecule has 0 spiro atoms. The van der Waals surface area contributed by atoms with Crippen molar-refractivity contribution >= 4 is 5.69 Å². The van der Waals surface area contributed by atoms with Crippen molar-refractivity contribution in [3.05, 3.63) is 47.4 Å². The predicted molar refractivity (Wildman–Crippen MR) is 80.7 cm³/mol. The molecule has 0 saturated carbocycles. The predicted octanol–water partition coefficient (Wildman–Crippen LogP) is 1.95. The van der Waals surface area contributed by atoms with Gasteiger partial charge in [0.25, 0.3) is 0 Å². The zero-order chi connectivity index (χ0) is 14.8. The third-order valence-electron chi connectivity index (χ3n) is 3.91. The first kappa shape index (κ1) is 13.8. The molecule has 5 heteroatoms. The van der Waals surface area contributed by atoms with Gasteiger partial charge >= 0.3 is 0 Å². The SMILES string of the molecule is COc1nccnc1C(O)c1ccc2c(c1)CCCN2C. The lowest BCUT2D eigenvalue weighted by molar-refractivity contribution is 0.207. The zero-order valence-electron chi connectivity index (χ0n) is 12.3. The third kappa shape index (κ3) is 2.56. The highest BCUT2D eigenvalue weighted by molar-refractivity contribution is 5.57. The molecule has 110 valence electrons. The summed E-state index contributed by atoms with van der Waals surface area (Å²) in [5, 5.41) is 10.6. The van der Waals surface area contributed by atoms with Crippen molar-refractivity contribution in [2.24, 2.45) is 0 Å². The summed E-state index contributed by atoms with van der Waals surface area (Å²) in [7, 11) is 3.63. The Labute approximate surface area is 124 Å². The Morgan fingerprint density at radius 1 is 1.29 bits per heavy atom. The lowest BCUT2D eigenvalue weighted by Gasteiger charge is -2.28. The average molecular weight is 285 g/mol. The molecule has 1 N–H and O–H groups in total. The van der Waals surface area contributed by atoms with E-state index in [1.807, 2.05) is 6.07 Å². The van der Waals surface area contributed by atoms with Crippen molar-refractivity contribution < 1.29 is 9.84 Å². The topological polar surface area (TPSA) is 58.5 Å². The van der Waals surface area contributed by atoms with Crippen LogP contribution in [0.15, 0.2) is 30.6 Å². The highest BCUT2D eigenvalue weighted by atomic mass is 16.5. The molecule has 0 bridgehead atoms. The maximum absolute atomic E-state index is 10.6. The molecule has 1 aromatic carbocycles. The van der Waals surface area contributed by atoms with Crippen LogP contribution in [0, 0.1) is 0 Å². The van der Waals surface area contributed by atoms with Crippen LogP contribution in [0.5, 0.6) is 5.88 Å². The van der Waals surface area contributed by atoms with Crippen molar-refractivity contribution in [2.75, 3.05) is 25.6 Å². The Bertz CT molecular complexity index is 645. The summed E-state index contributed by atoms with van der Waals surface area (Å²) < 4.78 is 5.18. The highest BCUT2D eigenvalue weighted by Gasteiger charge is 2.21. The number of benzene rings is 1. The van der Waals surface area contributed by atoms with Crippen LogP contribution in [-0.2, 0) is 6.42 Å². The van der Waals surface area contributed by atoms with E-state index in [1.54, 1.807) is 12.4 Å². The normalized spacial score (nSPS) is 15.5. The van der Waals surface area contributed by atoms with Crippen LogP contribution in [0.25, 0.3) is 0 Å². The van der Waals surface area contributed by atoms with E-state index in [4.69, 9.17) is 4.74 Å². The number of aliphatic hydroxyl groups is 1. The Morgan fingerprint density at radius 3 is 2.90 bits per heavy atom. The second-order valence-corrected chi connectivity index (χ2v) is 5.27. The number of anilines is 1. The molecule has 1 atom stereocenters. The molecule has 0 amide bonds. The van der Waals surface area contributed by atoms with Gasteiger partial charge in [0.1, 0.15) is 11.8 Å². The van der Waals surface area contributed by atoms with Crippen LogP contribution in [0.4, 0.5) is 5.69 Å². The fourth-order valence-corrected chi connectivity index (χ4v) is 2.81. The van der Waals surface area contributed by atoms with Crippen LogP contribution >= 0.6 is 0 Å². The van der Waals surface area contributed by atoms with Gasteiger partial charge in [0.15, 0.2) is 0 Å². The lowest BCUT2D eigenvalue weighted by atomic mass is 9.96. The maximum atomic E-state index is 10.6. The molecule has 1 aliphatic heterocycles. The number of hydrogen-bond donors (Lipinski definition) is 1. The van der Waals surface area contributed by atoms with Gasteiger partial charge in [0.05, 0.1) is 7.11 Å². The fraction of sp³-hybridized carbons (Fsp3) is 0.375. The van der Waals surface area contributed by atoms with Gasteiger partial charge in [-0.15, -0.1) is 0 Å². The number of aryl methyl sites for hydroxylation is 1. The zero-order valence-corrected chi connectivity index (χ0v) is 12.3. The van der Waals surface area contributed by atoms with Gasteiger partial charge in [-0.3, -0.25) is 4.98 Å². The largest absolute Gasteiger partial charge is 0.480 e. The Hall–Kier alpha value is -2.14. The second kappa shape index (κ2) is 5.69. The molecule has 2 heterocycles. The molecule has 1 unspecified atom stereocenters. The minimum absolute atomic E-state index is 0.361. The van der Waals surface area contributed by atoms with Gasteiger partial charge in [0, 0.05) is 31.7 Å². The lowest BCUT2D eigenvalue weighted by Crippen LogP contribution is -2.24. The smallest absolute Gasteiger partial charge is 0.238 e. The Balaban J connectivity index is 1.97. The quantitative estimate of drug-likeness (QED) is 0.934. The summed E-state index contributed by atoms with van der Waals surface area (Å²) in [5.41, 5.74) is 3.78. The minimum atomic E-state index is -0.828. The van der Waals surface area contributed by atoms with Gasteiger partial charge in [-0.1, -0.05) is 12.1 Å². The third-order valence-corrected chi connectivity index (χ3v) is 3.91. The van der Waals surface area contributed by atoms with E-state index in [0.717, 1.165) is 24.9 Å². The highest BCUT2D eigenvalue weighted by Crippen LogP contribution is 2.32. The maximum Gasteiger partial charge on any atom is 0.238 e. The molecule has 2 aromatic rings. The van der Waals surface area contributed by atoms with Crippen LogP contribution in [0.2, 0.25) is 0 Å². The van der Waals surface area contributed by atoms with E-state index in [2.05, 4.69) is 34.0 Å². The number of ether oxygens (including phenoxy) is 1. The first-order chi connectivity index (χ1) is 10.2. The fourth-order valence-electron chi connectivity index (χ4n) is 2.81. The molecule has 21 heavy (non-hydrogen) atoms. The molecule has 3 rings (SSSR count). The molecular weight excluding hydrogens is 266 g/mol. The van der Waals surface area contributed by atoms with E-state index < -0.39 is 6.10 Å². The number of hydrogen-bond acceptors (Lipinski definition) is 5. The van der Waals surface area contributed by atoms with Crippen molar-refractivity contribution in [1.82, 2.24) is 9.97 Å². The summed E-state index contributed by atoms with van der Waals surface area (Å²) >= 11 is 0. The average Bonchev–Trinajstić information content (AvgIpc) is 2.54. The number of methoxy groups -OCH3 is 1. The van der Waals surface area contributed by atoms with Crippen molar-refractivity contribution in [3.63, 3.8) is 0 Å². The van der Waals surface area contributed by atoms with Gasteiger partial charge < -0.3 is 14.7 Å². The Morgan fingerprint density at radius 2 is 2.10 bits per heavy atom. The monoisotopic (exact) mass is 285 g/mol. The van der Waals surface area contributed by atoms with Gasteiger partial charge in [0.2, 0.25) is 5.88 Å². The summed E-state index contributed by atoms with van der Waals surface area (Å²) in [6, 6.07) is 6.07. The number of aliphatic hydroxyl groups excluding tert-OH is 1. The summed E-state index contributed by atoms with van der Waals surface area (Å²) in [6.45, 7) is 1.08.